The molecule has 2 N–H and O–H groups in total. The summed E-state index contributed by atoms with van der Waals surface area (Å²) in [4.78, 5) is 0. The first-order valence-corrected chi connectivity index (χ1v) is 6.83. The number of aromatic amines is 1. The Labute approximate surface area is 118 Å². The molecule has 0 saturated carbocycles. The van der Waals surface area contributed by atoms with Gasteiger partial charge in [-0.3, -0.25) is 5.10 Å². The van der Waals surface area contributed by atoms with Crippen molar-refractivity contribution in [3.8, 4) is 11.6 Å². The first-order valence-electron chi connectivity index (χ1n) is 6.83. The van der Waals surface area contributed by atoms with Crippen LogP contribution in [0.5, 0.6) is 11.6 Å². The summed E-state index contributed by atoms with van der Waals surface area (Å²) in [5.74, 6) is 0.836. The van der Waals surface area contributed by atoms with E-state index in [1.54, 1.807) is 12.1 Å². The smallest absolute Gasteiger partial charge is 0.238 e. The molecule has 0 aliphatic rings. The number of hydrogen-bond donors (Lipinski definition) is 2. The van der Waals surface area contributed by atoms with Gasteiger partial charge in [-0.1, -0.05) is 6.92 Å². The van der Waals surface area contributed by atoms with Gasteiger partial charge in [0.1, 0.15) is 11.6 Å². The molecule has 1 atom stereocenters. The standard InChI is InChI=1S/C15H20FN3O/c1-4-7-17-11(3)13-9-12(16)5-6-14(13)20-15-8-10(2)18-19-15/h5-6,8-9,11,17H,4,7H2,1-3H3,(H,18,19). The molecule has 0 bridgehead atoms. The lowest BCUT2D eigenvalue weighted by Gasteiger charge is -2.17. The summed E-state index contributed by atoms with van der Waals surface area (Å²) < 4.78 is 19.2. The van der Waals surface area contributed by atoms with Gasteiger partial charge in [0.2, 0.25) is 5.88 Å². The van der Waals surface area contributed by atoms with E-state index in [2.05, 4.69) is 22.4 Å². The molecule has 0 spiro atoms. The minimum absolute atomic E-state index is 0.0145. The van der Waals surface area contributed by atoms with Crippen molar-refractivity contribution in [1.29, 1.82) is 0 Å². The largest absolute Gasteiger partial charge is 0.437 e. The number of aromatic nitrogens is 2. The van der Waals surface area contributed by atoms with Gasteiger partial charge in [-0.25, -0.2) is 4.39 Å². The fourth-order valence-corrected chi connectivity index (χ4v) is 1.98. The third-order valence-corrected chi connectivity index (χ3v) is 3.04. The van der Waals surface area contributed by atoms with Crippen molar-refractivity contribution in [3.05, 3.63) is 41.3 Å². The van der Waals surface area contributed by atoms with E-state index in [0.717, 1.165) is 24.2 Å². The summed E-state index contributed by atoms with van der Waals surface area (Å²) in [5, 5.41) is 10.2. The monoisotopic (exact) mass is 277 g/mol. The van der Waals surface area contributed by atoms with Crippen molar-refractivity contribution >= 4 is 0 Å². The predicted molar refractivity (Wildman–Crippen MR) is 76.5 cm³/mol. The van der Waals surface area contributed by atoms with Crippen LogP contribution in [-0.2, 0) is 0 Å². The predicted octanol–water partition coefficient (Wildman–Crippen LogP) is 3.71. The number of ether oxygens (including phenoxy) is 1. The fourth-order valence-electron chi connectivity index (χ4n) is 1.98. The first-order chi connectivity index (χ1) is 9.60. The minimum Gasteiger partial charge on any atom is -0.437 e. The lowest BCUT2D eigenvalue weighted by molar-refractivity contribution is 0.441. The maximum Gasteiger partial charge on any atom is 0.238 e. The van der Waals surface area contributed by atoms with Gasteiger partial charge < -0.3 is 10.1 Å². The van der Waals surface area contributed by atoms with Gasteiger partial charge in [0.15, 0.2) is 0 Å². The summed E-state index contributed by atoms with van der Waals surface area (Å²) in [6.07, 6.45) is 1.02. The van der Waals surface area contributed by atoms with Crippen molar-refractivity contribution in [1.82, 2.24) is 15.5 Å². The van der Waals surface area contributed by atoms with Gasteiger partial charge in [-0.05, 0) is 45.0 Å². The fraction of sp³-hybridized carbons (Fsp3) is 0.400. The van der Waals surface area contributed by atoms with Crippen molar-refractivity contribution in [2.75, 3.05) is 6.54 Å². The Morgan fingerprint density at radius 2 is 2.20 bits per heavy atom. The number of nitrogens with one attached hydrogen (secondary N) is 2. The van der Waals surface area contributed by atoms with Gasteiger partial charge in [0.05, 0.1) is 0 Å². The van der Waals surface area contributed by atoms with Gasteiger partial charge in [0.25, 0.3) is 0 Å². The molecule has 1 aromatic carbocycles. The zero-order valence-electron chi connectivity index (χ0n) is 12.0. The van der Waals surface area contributed by atoms with E-state index >= 15 is 0 Å². The highest BCUT2D eigenvalue weighted by molar-refractivity contribution is 5.38. The molecule has 0 radical (unpaired) electrons. The van der Waals surface area contributed by atoms with Crippen LogP contribution in [0, 0.1) is 12.7 Å². The lowest BCUT2D eigenvalue weighted by atomic mass is 10.1. The highest BCUT2D eigenvalue weighted by atomic mass is 19.1. The molecule has 0 saturated heterocycles. The number of H-pyrrole nitrogens is 1. The zero-order valence-corrected chi connectivity index (χ0v) is 12.0. The molecule has 4 nitrogen and oxygen atoms in total. The molecule has 1 unspecified atom stereocenters. The Morgan fingerprint density at radius 3 is 2.85 bits per heavy atom. The molecular weight excluding hydrogens is 257 g/mol. The Kier molecular flexibility index (Phi) is 4.74. The Morgan fingerprint density at radius 1 is 1.40 bits per heavy atom. The normalized spacial score (nSPS) is 12.4. The van der Waals surface area contributed by atoms with Crippen LogP contribution in [0.25, 0.3) is 0 Å². The second-order valence-electron chi connectivity index (χ2n) is 4.85. The number of hydrogen-bond acceptors (Lipinski definition) is 3. The van der Waals surface area contributed by atoms with Crippen molar-refractivity contribution in [3.63, 3.8) is 0 Å². The highest BCUT2D eigenvalue weighted by Gasteiger charge is 2.14. The second kappa shape index (κ2) is 6.52. The Balaban J connectivity index is 2.23. The van der Waals surface area contributed by atoms with E-state index in [0.29, 0.717) is 11.6 Å². The lowest BCUT2D eigenvalue weighted by Crippen LogP contribution is -2.19. The first kappa shape index (κ1) is 14.5. The van der Waals surface area contributed by atoms with Crippen LogP contribution in [0.3, 0.4) is 0 Å². The number of benzene rings is 1. The summed E-state index contributed by atoms with van der Waals surface area (Å²) in [5.41, 5.74) is 1.71. The van der Waals surface area contributed by atoms with Crippen molar-refractivity contribution < 1.29 is 9.13 Å². The molecule has 0 fully saturated rings. The summed E-state index contributed by atoms with van der Waals surface area (Å²) in [6, 6.07) is 6.35. The Hall–Kier alpha value is -1.88. The third-order valence-electron chi connectivity index (χ3n) is 3.04. The molecule has 20 heavy (non-hydrogen) atoms. The average Bonchev–Trinajstić information content (AvgIpc) is 2.83. The van der Waals surface area contributed by atoms with E-state index in [9.17, 15) is 4.39 Å². The van der Waals surface area contributed by atoms with Gasteiger partial charge in [0, 0.05) is 23.4 Å². The van der Waals surface area contributed by atoms with Gasteiger partial charge in [-0.2, -0.15) is 0 Å². The maximum absolute atomic E-state index is 13.5. The van der Waals surface area contributed by atoms with E-state index < -0.39 is 0 Å². The van der Waals surface area contributed by atoms with Gasteiger partial charge in [-0.15, -0.1) is 5.10 Å². The molecule has 108 valence electrons. The molecule has 1 heterocycles. The summed E-state index contributed by atoms with van der Waals surface area (Å²) >= 11 is 0. The molecule has 1 aromatic heterocycles. The van der Waals surface area contributed by atoms with Gasteiger partial charge >= 0.3 is 0 Å². The molecule has 2 aromatic rings. The molecule has 0 aliphatic heterocycles. The van der Waals surface area contributed by atoms with Crippen LogP contribution >= 0.6 is 0 Å². The van der Waals surface area contributed by atoms with E-state index in [4.69, 9.17) is 4.74 Å². The number of aryl methyl sites for hydroxylation is 1. The molecule has 5 heteroatoms. The molecule has 0 amide bonds. The van der Waals surface area contributed by atoms with Crippen molar-refractivity contribution in [2.45, 2.75) is 33.2 Å². The zero-order chi connectivity index (χ0) is 14.5. The van der Waals surface area contributed by atoms with Crippen LogP contribution < -0.4 is 10.1 Å². The number of nitrogens with zero attached hydrogens (tertiary/aromatic N) is 1. The van der Waals surface area contributed by atoms with Crippen LogP contribution in [0.15, 0.2) is 24.3 Å². The van der Waals surface area contributed by atoms with Crippen LogP contribution in [0.2, 0.25) is 0 Å². The van der Waals surface area contributed by atoms with E-state index in [-0.39, 0.29) is 11.9 Å². The van der Waals surface area contributed by atoms with E-state index in [1.165, 1.54) is 12.1 Å². The molecule has 0 aliphatic carbocycles. The number of halogens is 1. The van der Waals surface area contributed by atoms with Crippen LogP contribution in [0.4, 0.5) is 4.39 Å². The summed E-state index contributed by atoms with van der Waals surface area (Å²) in [7, 11) is 0. The molecular formula is C15H20FN3O. The average molecular weight is 277 g/mol. The number of rotatable bonds is 6. The highest BCUT2D eigenvalue weighted by Crippen LogP contribution is 2.29. The topological polar surface area (TPSA) is 49.9 Å². The Bertz CT molecular complexity index is 568. The molecule has 2 rings (SSSR count). The van der Waals surface area contributed by atoms with Crippen molar-refractivity contribution in [2.24, 2.45) is 0 Å². The summed E-state index contributed by atoms with van der Waals surface area (Å²) in [6.45, 7) is 6.86. The maximum atomic E-state index is 13.5. The quantitative estimate of drug-likeness (QED) is 0.846. The SMILES string of the molecule is CCCNC(C)c1cc(F)ccc1Oc1cc(C)[nH]n1. The van der Waals surface area contributed by atoms with Crippen LogP contribution in [0.1, 0.15) is 37.6 Å². The minimum atomic E-state index is -0.268. The van der Waals surface area contributed by atoms with Crippen LogP contribution in [-0.4, -0.2) is 16.7 Å². The third kappa shape index (κ3) is 3.57. The second-order valence-corrected chi connectivity index (χ2v) is 4.85. The van der Waals surface area contributed by atoms with E-state index in [1.807, 2.05) is 13.8 Å².